The van der Waals surface area contributed by atoms with Gasteiger partial charge in [-0.25, -0.2) is 0 Å². The first-order valence-electron chi connectivity index (χ1n) is 7.77. The molecule has 1 saturated carbocycles. The summed E-state index contributed by atoms with van der Waals surface area (Å²) in [5, 5.41) is 3.73. The molecule has 1 aromatic carbocycles. The highest BCUT2D eigenvalue weighted by atomic mass is 79.9. The molecule has 2 rings (SSSR count). The van der Waals surface area contributed by atoms with Crippen LogP contribution in [0, 0.1) is 5.92 Å². The highest BCUT2D eigenvalue weighted by Crippen LogP contribution is 2.27. The van der Waals surface area contributed by atoms with Crippen molar-refractivity contribution in [2.45, 2.75) is 57.9 Å². The van der Waals surface area contributed by atoms with Crippen molar-refractivity contribution in [3.63, 3.8) is 0 Å². The van der Waals surface area contributed by atoms with Gasteiger partial charge >= 0.3 is 0 Å². The largest absolute Gasteiger partial charge is 0.314 e. The quantitative estimate of drug-likeness (QED) is 0.757. The number of hydrogen-bond donors (Lipinski definition) is 1. The molecule has 0 aromatic heterocycles. The molecular formula is C17H26BrN. The summed E-state index contributed by atoms with van der Waals surface area (Å²) in [6.45, 7) is 3.31. The topological polar surface area (TPSA) is 12.0 Å². The Hall–Kier alpha value is -0.340. The van der Waals surface area contributed by atoms with E-state index in [0.29, 0.717) is 6.04 Å². The van der Waals surface area contributed by atoms with Gasteiger partial charge in [0.2, 0.25) is 0 Å². The third kappa shape index (κ3) is 4.92. The Morgan fingerprint density at radius 3 is 2.58 bits per heavy atom. The lowest BCUT2D eigenvalue weighted by Crippen LogP contribution is -2.37. The fraction of sp³-hybridized carbons (Fsp3) is 0.647. The first kappa shape index (κ1) is 15.1. The molecule has 1 N–H and O–H groups in total. The first-order chi connectivity index (χ1) is 9.29. The average molecular weight is 324 g/mol. The molecule has 0 heterocycles. The SMILES string of the molecule is CCNC(Cc1cccc(Br)c1)C1CCCCCC1. The summed E-state index contributed by atoms with van der Waals surface area (Å²) >= 11 is 3.58. The second kappa shape index (κ2) is 8.06. The van der Waals surface area contributed by atoms with Gasteiger partial charge in [0, 0.05) is 10.5 Å². The van der Waals surface area contributed by atoms with Crippen molar-refractivity contribution >= 4 is 15.9 Å². The first-order valence-corrected chi connectivity index (χ1v) is 8.56. The van der Waals surface area contributed by atoms with Crippen molar-refractivity contribution in [3.05, 3.63) is 34.3 Å². The minimum absolute atomic E-state index is 0.650. The Bertz CT molecular complexity index is 369. The standard InChI is InChI=1S/C17H26BrN/c1-2-19-17(15-9-5-3-4-6-10-15)13-14-8-7-11-16(18)12-14/h7-8,11-12,15,17,19H,2-6,9-10,13H2,1H3. The Kier molecular flexibility index (Phi) is 6.39. The van der Waals surface area contributed by atoms with Gasteiger partial charge in [0.25, 0.3) is 0 Å². The van der Waals surface area contributed by atoms with Gasteiger partial charge in [-0.2, -0.15) is 0 Å². The molecule has 0 aliphatic heterocycles. The molecule has 0 bridgehead atoms. The van der Waals surface area contributed by atoms with Gasteiger partial charge in [0.1, 0.15) is 0 Å². The Morgan fingerprint density at radius 1 is 1.21 bits per heavy atom. The summed E-state index contributed by atoms with van der Waals surface area (Å²) in [7, 11) is 0. The zero-order chi connectivity index (χ0) is 13.5. The van der Waals surface area contributed by atoms with Crippen molar-refractivity contribution in [1.82, 2.24) is 5.32 Å². The lowest BCUT2D eigenvalue weighted by molar-refractivity contribution is 0.321. The molecule has 1 aromatic rings. The zero-order valence-electron chi connectivity index (χ0n) is 12.0. The van der Waals surface area contributed by atoms with Gasteiger partial charge < -0.3 is 5.32 Å². The van der Waals surface area contributed by atoms with E-state index in [9.17, 15) is 0 Å². The third-order valence-corrected chi connectivity index (χ3v) is 4.77. The van der Waals surface area contributed by atoms with Crippen molar-refractivity contribution in [2.24, 2.45) is 5.92 Å². The summed E-state index contributed by atoms with van der Waals surface area (Å²) in [6.07, 6.45) is 9.70. The Morgan fingerprint density at radius 2 is 1.95 bits per heavy atom. The molecular weight excluding hydrogens is 298 g/mol. The number of rotatable bonds is 5. The van der Waals surface area contributed by atoms with Crippen LogP contribution in [0.3, 0.4) is 0 Å². The Balaban J connectivity index is 2.02. The van der Waals surface area contributed by atoms with Gasteiger partial charge in [0.15, 0.2) is 0 Å². The van der Waals surface area contributed by atoms with Gasteiger partial charge in [-0.15, -0.1) is 0 Å². The van der Waals surface area contributed by atoms with E-state index in [-0.39, 0.29) is 0 Å². The summed E-state index contributed by atoms with van der Waals surface area (Å²) in [5.74, 6) is 0.862. The molecule has 1 atom stereocenters. The molecule has 1 fully saturated rings. The van der Waals surface area contributed by atoms with E-state index in [4.69, 9.17) is 0 Å². The molecule has 0 amide bonds. The number of benzene rings is 1. The van der Waals surface area contributed by atoms with E-state index in [1.54, 1.807) is 0 Å². The van der Waals surface area contributed by atoms with Gasteiger partial charge in [-0.05, 0) is 49.4 Å². The molecule has 0 spiro atoms. The second-order valence-corrected chi connectivity index (χ2v) is 6.67. The van der Waals surface area contributed by atoms with E-state index in [1.807, 2.05) is 0 Å². The molecule has 1 unspecified atom stereocenters. The van der Waals surface area contributed by atoms with Gasteiger partial charge in [-0.1, -0.05) is 60.7 Å². The predicted octanol–water partition coefficient (Wildman–Crippen LogP) is 4.94. The number of nitrogens with one attached hydrogen (secondary N) is 1. The maximum Gasteiger partial charge on any atom is 0.0178 e. The number of halogens is 1. The van der Waals surface area contributed by atoms with Crippen LogP contribution in [0.4, 0.5) is 0 Å². The van der Waals surface area contributed by atoms with Crippen LogP contribution in [0.2, 0.25) is 0 Å². The van der Waals surface area contributed by atoms with E-state index in [1.165, 1.54) is 48.6 Å². The maximum absolute atomic E-state index is 3.73. The van der Waals surface area contributed by atoms with E-state index >= 15 is 0 Å². The van der Waals surface area contributed by atoms with Crippen LogP contribution in [0.5, 0.6) is 0 Å². The van der Waals surface area contributed by atoms with Crippen molar-refractivity contribution in [1.29, 1.82) is 0 Å². The molecule has 2 heteroatoms. The summed E-state index contributed by atoms with van der Waals surface area (Å²) in [6, 6.07) is 9.43. The fourth-order valence-corrected chi connectivity index (χ4v) is 3.75. The maximum atomic E-state index is 3.73. The molecule has 1 nitrogen and oxygen atoms in total. The summed E-state index contributed by atoms with van der Waals surface area (Å²) in [4.78, 5) is 0. The number of likely N-dealkylation sites (N-methyl/N-ethyl adjacent to an activating group) is 1. The smallest absolute Gasteiger partial charge is 0.0178 e. The molecule has 19 heavy (non-hydrogen) atoms. The summed E-state index contributed by atoms with van der Waals surface area (Å²) < 4.78 is 1.20. The van der Waals surface area contributed by atoms with E-state index in [2.05, 4.69) is 52.4 Å². The highest BCUT2D eigenvalue weighted by molar-refractivity contribution is 9.10. The molecule has 0 radical (unpaired) electrons. The van der Waals surface area contributed by atoms with Crippen LogP contribution >= 0.6 is 15.9 Å². The fourth-order valence-electron chi connectivity index (χ4n) is 3.30. The molecule has 0 saturated heterocycles. The van der Waals surface area contributed by atoms with Crippen LogP contribution in [0.15, 0.2) is 28.7 Å². The number of hydrogen-bond acceptors (Lipinski definition) is 1. The molecule has 1 aliphatic rings. The van der Waals surface area contributed by atoms with Crippen LogP contribution in [0.1, 0.15) is 51.0 Å². The average Bonchev–Trinajstić information content (AvgIpc) is 2.67. The van der Waals surface area contributed by atoms with E-state index in [0.717, 1.165) is 18.9 Å². The Labute approximate surface area is 126 Å². The van der Waals surface area contributed by atoms with Gasteiger partial charge in [-0.3, -0.25) is 0 Å². The lowest BCUT2D eigenvalue weighted by atomic mass is 9.87. The highest BCUT2D eigenvalue weighted by Gasteiger charge is 2.22. The monoisotopic (exact) mass is 323 g/mol. The second-order valence-electron chi connectivity index (χ2n) is 5.75. The predicted molar refractivity (Wildman–Crippen MR) is 86.5 cm³/mol. The normalized spacial score (nSPS) is 19.1. The summed E-state index contributed by atoms with van der Waals surface area (Å²) in [5.41, 5.74) is 1.45. The zero-order valence-corrected chi connectivity index (χ0v) is 13.6. The lowest BCUT2D eigenvalue weighted by Gasteiger charge is -2.27. The van der Waals surface area contributed by atoms with Crippen LogP contribution in [-0.2, 0) is 6.42 Å². The van der Waals surface area contributed by atoms with Crippen molar-refractivity contribution < 1.29 is 0 Å². The van der Waals surface area contributed by atoms with Crippen LogP contribution in [-0.4, -0.2) is 12.6 Å². The van der Waals surface area contributed by atoms with E-state index < -0.39 is 0 Å². The van der Waals surface area contributed by atoms with Gasteiger partial charge in [0.05, 0.1) is 0 Å². The minimum Gasteiger partial charge on any atom is -0.314 e. The molecule has 106 valence electrons. The van der Waals surface area contributed by atoms with Crippen molar-refractivity contribution in [3.8, 4) is 0 Å². The van der Waals surface area contributed by atoms with Crippen LogP contribution < -0.4 is 5.32 Å². The molecule has 1 aliphatic carbocycles. The van der Waals surface area contributed by atoms with Crippen LogP contribution in [0.25, 0.3) is 0 Å². The minimum atomic E-state index is 0.650. The van der Waals surface area contributed by atoms with Crippen molar-refractivity contribution in [2.75, 3.05) is 6.54 Å². The third-order valence-electron chi connectivity index (χ3n) is 4.28.